The molecule has 5 rings (SSSR count). The second kappa shape index (κ2) is 8.91. The van der Waals surface area contributed by atoms with Crippen molar-refractivity contribution in [3.8, 4) is 5.75 Å². The molecule has 0 radical (unpaired) electrons. The lowest BCUT2D eigenvalue weighted by Crippen LogP contribution is -2.40. The molecule has 0 atom stereocenters. The molecule has 0 bridgehead atoms. The highest BCUT2D eigenvalue weighted by molar-refractivity contribution is 5.83. The monoisotopic (exact) mass is 421 g/mol. The summed E-state index contributed by atoms with van der Waals surface area (Å²) < 4.78 is 19.4. The highest BCUT2D eigenvalue weighted by Crippen LogP contribution is 2.38. The molecule has 1 aromatic heterocycles. The predicted molar refractivity (Wildman–Crippen MR) is 125 cm³/mol. The minimum absolute atomic E-state index is 0.147. The summed E-state index contributed by atoms with van der Waals surface area (Å²) in [5.41, 5.74) is 3.55. The van der Waals surface area contributed by atoms with Crippen LogP contribution < -0.4 is 9.64 Å². The summed E-state index contributed by atoms with van der Waals surface area (Å²) in [6, 6.07) is 14.1. The number of hydrogen-bond donors (Lipinski definition) is 1. The number of aromatic nitrogens is 1. The molecule has 0 spiro atoms. The Morgan fingerprint density at radius 1 is 0.968 bits per heavy atom. The van der Waals surface area contributed by atoms with Gasteiger partial charge in [-0.25, -0.2) is 4.39 Å². The van der Waals surface area contributed by atoms with Crippen LogP contribution in [-0.2, 0) is 0 Å². The number of anilines is 1. The molecule has 4 nitrogen and oxygen atoms in total. The van der Waals surface area contributed by atoms with Crippen LogP contribution in [0.4, 0.5) is 10.1 Å². The van der Waals surface area contributed by atoms with Crippen molar-refractivity contribution in [2.75, 3.05) is 38.2 Å². The zero-order valence-electron chi connectivity index (χ0n) is 18.3. The third-order valence-electron chi connectivity index (χ3n) is 7.29. The van der Waals surface area contributed by atoms with Gasteiger partial charge >= 0.3 is 0 Å². The Morgan fingerprint density at radius 3 is 2.65 bits per heavy atom. The number of benzene rings is 2. The SMILES string of the molecule is COc1ccccc1N1CCCN(C2CCC(c3c[nH]c4ccc(F)cc34)CC2)CC1. The molecule has 164 valence electrons. The molecular weight excluding hydrogens is 389 g/mol. The Labute approximate surface area is 184 Å². The minimum atomic E-state index is -0.147. The Morgan fingerprint density at radius 2 is 1.81 bits per heavy atom. The second-order valence-electron chi connectivity index (χ2n) is 8.99. The number of methoxy groups -OCH3 is 1. The lowest BCUT2D eigenvalue weighted by atomic mass is 9.81. The van der Waals surface area contributed by atoms with E-state index in [0.29, 0.717) is 12.0 Å². The summed E-state index contributed by atoms with van der Waals surface area (Å²) in [6.45, 7) is 4.39. The maximum atomic E-state index is 13.8. The Hall–Kier alpha value is -2.53. The largest absolute Gasteiger partial charge is 0.495 e. The molecule has 1 saturated carbocycles. The van der Waals surface area contributed by atoms with Crippen LogP contribution >= 0.6 is 0 Å². The zero-order valence-corrected chi connectivity index (χ0v) is 18.3. The number of rotatable bonds is 4. The fraction of sp³-hybridized carbons (Fsp3) is 0.462. The summed E-state index contributed by atoms with van der Waals surface area (Å²) in [7, 11) is 1.75. The van der Waals surface area contributed by atoms with Gasteiger partial charge in [-0.05, 0) is 73.9 Å². The van der Waals surface area contributed by atoms with Crippen molar-refractivity contribution >= 4 is 16.6 Å². The van der Waals surface area contributed by atoms with Gasteiger partial charge < -0.3 is 14.6 Å². The number of para-hydroxylation sites is 2. The molecular formula is C26H32FN3O. The molecule has 0 amide bonds. The lowest BCUT2D eigenvalue weighted by Gasteiger charge is -2.36. The van der Waals surface area contributed by atoms with E-state index in [0.717, 1.165) is 36.3 Å². The molecule has 1 saturated heterocycles. The van der Waals surface area contributed by atoms with Crippen LogP contribution in [0.1, 0.15) is 43.6 Å². The molecule has 3 aromatic rings. The van der Waals surface area contributed by atoms with Gasteiger partial charge in [0, 0.05) is 49.3 Å². The highest BCUT2D eigenvalue weighted by atomic mass is 19.1. The van der Waals surface area contributed by atoms with Crippen molar-refractivity contribution in [3.63, 3.8) is 0 Å². The number of nitrogens with zero attached hydrogens (tertiary/aromatic N) is 2. The van der Waals surface area contributed by atoms with Gasteiger partial charge in [0.1, 0.15) is 11.6 Å². The van der Waals surface area contributed by atoms with Crippen molar-refractivity contribution in [1.29, 1.82) is 0 Å². The van der Waals surface area contributed by atoms with Crippen molar-refractivity contribution in [2.24, 2.45) is 0 Å². The fourth-order valence-electron chi connectivity index (χ4n) is 5.64. The summed E-state index contributed by atoms with van der Waals surface area (Å²) in [5.74, 6) is 1.35. The average Bonchev–Trinajstić information content (AvgIpc) is 3.06. The van der Waals surface area contributed by atoms with E-state index in [1.807, 2.05) is 12.1 Å². The topological polar surface area (TPSA) is 31.5 Å². The Bertz CT molecular complexity index is 1020. The summed E-state index contributed by atoms with van der Waals surface area (Å²) in [5, 5.41) is 1.06. The van der Waals surface area contributed by atoms with Crippen molar-refractivity contribution in [3.05, 3.63) is 60.0 Å². The number of H-pyrrole nitrogens is 1. The molecule has 2 aromatic carbocycles. The molecule has 1 aliphatic carbocycles. The maximum absolute atomic E-state index is 13.8. The van der Waals surface area contributed by atoms with Crippen LogP contribution in [0.3, 0.4) is 0 Å². The van der Waals surface area contributed by atoms with E-state index in [-0.39, 0.29) is 5.82 Å². The molecule has 1 aliphatic heterocycles. The van der Waals surface area contributed by atoms with Crippen LogP contribution in [0.15, 0.2) is 48.7 Å². The molecule has 2 fully saturated rings. The second-order valence-corrected chi connectivity index (χ2v) is 8.99. The first kappa shape index (κ1) is 20.4. The van der Waals surface area contributed by atoms with Gasteiger partial charge in [-0.15, -0.1) is 0 Å². The minimum Gasteiger partial charge on any atom is -0.495 e. The third-order valence-corrected chi connectivity index (χ3v) is 7.29. The first-order valence-corrected chi connectivity index (χ1v) is 11.6. The van der Waals surface area contributed by atoms with Crippen LogP contribution in [0.5, 0.6) is 5.75 Å². The molecule has 1 N–H and O–H groups in total. The molecule has 2 heterocycles. The van der Waals surface area contributed by atoms with Gasteiger partial charge in [-0.3, -0.25) is 4.90 Å². The Kier molecular flexibility index (Phi) is 5.86. The van der Waals surface area contributed by atoms with E-state index in [2.05, 4.69) is 39.2 Å². The Balaban J connectivity index is 1.21. The van der Waals surface area contributed by atoms with E-state index in [4.69, 9.17) is 4.74 Å². The quantitative estimate of drug-likeness (QED) is 0.599. The number of ether oxygens (including phenoxy) is 1. The number of nitrogens with one attached hydrogen (secondary N) is 1. The number of fused-ring (bicyclic) bond motifs is 1. The fourth-order valence-corrected chi connectivity index (χ4v) is 5.64. The highest BCUT2D eigenvalue weighted by Gasteiger charge is 2.29. The zero-order chi connectivity index (χ0) is 21.2. The molecule has 5 heteroatoms. The molecule has 2 aliphatic rings. The van der Waals surface area contributed by atoms with E-state index >= 15 is 0 Å². The van der Waals surface area contributed by atoms with E-state index in [1.54, 1.807) is 13.2 Å². The first-order chi connectivity index (χ1) is 15.2. The van der Waals surface area contributed by atoms with E-state index in [9.17, 15) is 4.39 Å². The van der Waals surface area contributed by atoms with Crippen LogP contribution in [0.2, 0.25) is 0 Å². The predicted octanol–water partition coefficient (Wildman–Crippen LogP) is 5.55. The van der Waals surface area contributed by atoms with Gasteiger partial charge in [0.15, 0.2) is 0 Å². The van der Waals surface area contributed by atoms with Crippen LogP contribution in [0, 0.1) is 5.82 Å². The van der Waals surface area contributed by atoms with Crippen LogP contribution in [0.25, 0.3) is 10.9 Å². The molecule has 31 heavy (non-hydrogen) atoms. The first-order valence-electron chi connectivity index (χ1n) is 11.6. The summed E-state index contributed by atoms with van der Waals surface area (Å²) in [6.07, 6.45) is 8.09. The number of hydrogen-bond acceptors (Lipinski definition) is 3. The van der Waals surface area contributed by atoms with Gasteiger partial charge in [-0.2, -0.15) is 0 Å². The smallest absolute Gasteiger partial charge is 0.142 e. The van der Waals surface area contributed by atoms with Crippen molar-refractivity contribution < 1.29 is 9.13 Å². The van der Waals surface area contributed by atoms with E-state index in [1.165, 1.54) is 56.0 Å². The van der Waals surface area contributed by atoms with Crippen molar-refractivity contribution in [1.82, 2.24) is 9.88 Å². The van der Waals surface area contributed by atoms with Gasteiger partial charge in [0.25, 0.3) is 0 Å². The van der Waals surface area contributed by atoms with Gasteiger partial charge in [-0.1, -0.05) is 12.1 Å². The molecule has 0 unspecified atom stereocenters. The van der Waals surface area contributed by atoms with Crippen LogP contribution in [-0.4, -0.2) is 49.2 Å². The standard InChI is InChI=1S/C26H32FN3O/c1-31-26-6-3-2-5-25(26)30-14-4-13-29(15-16-30)21-10-7-19(8-11-21)23-18-28-24-12-9-20(27)17-22(23)24/h2-3,5-6,9,12,17-19,21,28H,4,7-8,10-11,13-16H2,1H3. The van der Waals surface area contributed by atoms with E-state index < -0.39 is 0 Å². The third kappa shape index (κ3) is 4.16. The van der Waals surface area contributed by atoms with Crippen molar-refractivity contribution in [2.45, 2.75) is 44.1 Å². The number of halogens is 1. The number of aromatic amines is 1. The summed E-state index contributed by atoms with van der Waals surface area (Å²) >= 11 is 0. The average molecular weight is 422 g/mol. The van der Waals surface area contributed by atoms with Gasteiger partial charge in [0.05, 0.1) is 12.8 Å². The lowest BCUT2D eigenvalue weighted by molar-refractivity contribution is 0.159. The summed E-state index contributed by atoms with van der Waals surface area (Å²) in [4.78, 5) is 8.52. The normalized spacial score (nSPS) is 23.1. The maximum Gasteiger partial charge on any atom is 0.142 e. The van der Waals surface area contributed by atoms with Gasteiger partial charge in [0.2, 0.25) is 0 Å².